The molecule has 2 rings (SSSR count). The number of carbonyl (C=O) groups is 2. The summed E-state index contributed by atoms with van der Waals surface area (Å²) in [7, 11) is 0. The number of carbonyl (C=O) groups excluding carboxylic acids is 2. The van der Waals surface area contributed by atoms with Crippen LogP contribution in [0.15, 0.2) is 12.1 Å². The molecule has 2 N–H and O–H groups in total. The minimum Gasteiger partial charge on any atom is -0.352 e. The van der Waals surface area contributed by atoms with Crippen molar-refractivity contribution in [2.75, 3.05) is 5.32 Å². The fourth-order valence-corrected chi connectivity index (χ4v) is 2.41. The van der Waals surface area contributed by atoms with Crippen LogP contribution < -0.4 is 10.6 Å². The van der Waals surface area contributed by atoms with Crippen molar-refractivity contribution < 1.29 is 9.59 Å². The molecule has 1 aliphatic carbocycles. The van der Waals surface area contributed by atoms with Crippen molar-refractivity contribution in [2.45, 2.75) is 46.6 Å². The van der Waals surface area contributed by atoms with Gasteiger partial charge in [0.1, 0.15) is 5.41 Å². The van der Waals surface area contributed by atoms with Crippen molar-refractivity contribution in [3.8, 4) is 0 Å². The number of hydrogen-bond donors (Lipinski definition) is 2. The van der Waals surface area contributed by atoms with E-state index in [1.165, 1.54) is 0 Å². The van der Waals surface area contributed by atoms with Gasteiger partial charge in [0.15, 0.2) is 0 Å². The van der Waals surface area contributed by atoms with Crippen LogP contribution in [0.2, 0.25) is 5.02 Å². The summed E-state index contributed by atoms with van der Waals surface area (Å²) in [6.45, 7) is 7.07. The van der Waals surface area contributed by atoms with Crippen molar-refractivity contribution in [3.05, 3.63) is 28.3 Å². The Morgan fingerprint density at radius 3 is 2.33 bits per heavy atom. The van der Waals surface area contributed by atoms with E-state index in [-0.39, 0.29) is 17.9 Å². The lowest BCUT2D eigenvalue weighted by Crippen LogP contribution is -2.45. The van der Waals surface area contributed by atoms with Crippen LogP contribution >= 0.6 is 11.6 Å². The Labute approximate surface area is 130 Å². The Morgan fingerprint density at radius 1 is 1.19 bits per heavy atom. The maximum atomic E-state index is 12.4. The lowest BCUT2D eigenvalue weighted by atomic mass is 9.90. The molecule has 0 saturated heterocycles. The molecule has 5 heteroatoms. The van der Waals surface area contributed by atoms with Gasteiger partial charge in [-0.1, -0.05) is 17.7 Å². The minimum absolute atomic E-state index is 0.231. The summed E-state index contributed by atoms with van der Waals surface area (Å²) in [5.74, 6) is -0.599. The van der Waals surface area contributed by atoms with Crippen LogP contribution in [0.4, 0.5) is 5.69 Å². The number of anilines is 1. The van der Waals surface area contributed by atoms with E-state index in [1.54, 1.807) is 19.9 Å². The topological polar surface area (TPSA) is 58.2 Å². The van der Waals surface area contributed by atoms with Gasteiger partial charge in [0.2, 0.25) is 11.8 Å². The van der Waals surface area contributed by atoms with Gasteiger partial charge in [0.05, 0.1) is 10.7 Å². The first-order chi connectivity index (χ1) is 9.71. The molecule has 1 aromatic carbocycles. The third kappa shape index (κ3) is 3.56. The first-order valence-electron chi connectivity index (χ1n) is 7.11. The van der Waals surface area contributed by atoms with E-state index in [4.69, 9.17) is 11.6 Å². The molecule has 1 aliphatic rings. The molecule has 0 aliphatic heterocycles. The van der Waals surface area contributed by atoms with Gasteiger partial charge in [-0.25, -0.2) is 0 Å². The number of benzene rings is 1. The van der Waals surface area contributed by atoms with E-state index < -0.39 is 5.41 Å². The van der Waals surface area contributed by atoms with Crippen molar-refractivity contribution >= 4 is 29.1 Å². The Kier molecular flexibility index (Phi) is 4.28. The van der Waals surface area contributed by atoms with Gasteiger partial charge in [-0.15, -0.1) is 0 Å². The molecule has 114 valence electrons. The first-order valence-corrected chi connectivity index (χ1v) is 7.49. The molecule has 0 aromatic heterocycles. The molecule has 0 radical (unpaired) electrons. The van der Waals surface area contributed by atoms with Gasteiger partial charge in [0.25, 0.3) is 0 Å². The van der Waals surface area contributed by atoms with Gasteiger partial charge in [-0.3, -0.25) is 9.59 Å². The third-order valence-electron chi connectivity index (χ3n) is 3.72. The summed E-state index contributed by atoms with van der Waals surface area (Å²) >= 11 is 6.19. The second kappa shape index (κ2) is 5.68. The van der Waals surface area contributed by atoms with Crippen molar-refractivity contribution in [1.29, 1.82) is 0 Å². The second-order valence-corrected chi connectivity index (χ2v) is 6.67. The van der Waals surface area contributed by atoms with Crippen molar-refractivity contribution in [1.82, 2.24) is 5.32 Å². The summed E-state index contributed by atoms with van der Waals surface area (Å²) in [4.78, 5) is 24.6. The van der Waals surface area contributed by atoms with Crippen molar-refractivity contribution in [3.63, 3.8) is 0 Å². The molecular weight excluding hydrogens is 288 g/mol. The Bertz CT molecular complexity index is 569. The molecule has 0 heterocycles. The van der Waals surface area contributed by atoms with Crippen LogP contribution in [-0.4, -0.2) is 17.9 Å². The summed E-state index contributed by atoms with van der Waals surface area (Å²) in [5.41, 5.74) is 1.34. The maximum absolute atomic E-state index is 12.4. The summed E-state index contributed by atoms with van der Waals surface area (Å²) in [5, 5.41) is 6.14. The second-order valence-electron chi connectivity index (χ2n) is 6.27. The molecule has 2 amide bonds. The normalized spacial score (nSPS) is 14.7. The van der Waals surface area contributed by atoms with E-state index >= 15 is 0 Å². The quantitative estimate of drug-likeness (QED) is 0.839. The molecular formula is C16H21ClN2O2. The zero-order chi connectivity index (χ0) is 15.8. The molecule has 0 spiro atoms. The fraction of sp³-hybridized carbons (Fsp3) is 0.500. The molecule has 0 unspecified atom stereocenters. The highest BCUT2D eigenvalue weighted by atomic mass is 35.5. The smallest absolute Gasteiger partial charge is 0.239 e. The number of aryl methyl sites for hydroxylation is 2. The van der Waals surface area contributed by atoms with E-state index in [9.17, 15) is 9.59 Å². The maximum Gasteiger partial charge on any atom is 0.239 e. The Hall–Kier alpha value is -1.55. The van der Waals surface area contributed by atoms with Crippen molar-refractivity contribution in [2.24, 2.45) is 5.41 Å². The molecule has 1 saturated carbocycles. The highest BCUT2D eigenvalue weighted by Crippen LogP contribution is 2.30. The van der Waals surface area contributed by atoms with Gasteiger partial charge < -0.3 is 10.6 Å². The largest absolute Gasteiger partial charge is 0.352 e. The van der Waals surface area contributed by atoms with E-state index in [1.807, 2.05) is 19.9 Å². The Morgan fingerprint density at radius 2 is 1.81 bits per heavy atom. The molecule has 1 aromatic rings. The van der Waals surface area contributed by atoms with E-state index in [2.05, 4.69) is 10.6 Å². The Balaban J connectivity index is 2.14. The third-order valence-corrected chi connectivity index (χ3v) is 4.02. The summed E-state index contributed by atoms with van der Waals surface area (Å²) in [6, 6.07) is 3.97. The van der Waals surface area contributed by atoms with Gasteiger partial charge >= 0.3 is 0 Å². The number of amides is 2. The predicted octanol–water partition coefficient (Wildman–Crippen LogP) is 3.20. The van der Waals surface area contributed by atoms with Crippen LogP contribution in [0.1, 0.15) is 37.8 Å². The average molecular weight is 309 g/mol. The highest BCUT2D eigenvalue weighted by molar-refractivity contribution is 6.34. The molecule has 21 heavy (non-hydrogen) atoms. The molecule has 4 nitrogen and oxygen atoms in total. The minimum atomic E-state index is -1.14. The van der Waals surface area contributed by atoms with Gasteiger partial charge in [0, 0.05) is 6.04 Å². The van der Waals surface area contributed by atoms with Gasteiger partial charge in [-0.05, 0) is 57.7 Å². The molecule has 0 atom stereocenters. The highest BCUT2D eigenvalue weighted by Gasteiger charge is 2.39. The van der Waals surface area contributed by atoms with Crippen LogP contribution in [0, 0.1) is 19.3 Å². The average Bonchev–Trinajstić information content (AvgIpc) is 3.17. The standard InChI is InChI=1S/C16H21ClN2O2/c1-9-7-10(2)13(12(17)8-9)19-15(21)16(3,4)14(20)18-11-5-6-11/h7-8,11H,5-6H2,1-4H3,(H,18,20)(H,19,21). The number of hydrogen-bond acceptors (Lipinski definition) is 2. The van der Waals surface area contributed by atoms with Crippen LogP contribution in [0.3, 0.4) is 0 Å². The summed E-state index contributed by atoms with van der Waals surface area (Å²) in [6.07, 6.45) is 1.98. The zero-order valence-electron chi connectivity index (χ0n) is 12.8. The van der Waals surface area contributed by atoms with Gasteiger partial charge in [-0.2, -0.15) is 0 Å². The fourth-order valence-electron chi connectivity index (χ4n) is 2.04. The van der Waals surface area contributed by atoms with E-state index in [0.29, 0.717) is 10.7 Å². The molecule has 0 bridgehead atoms. The predicted molar refractivity (Wildman–Crippen MR) is 84.5 cm³/mol. The SMILES string of the molecule is Cc1cc(C)c(NC(=O)C(C)(C)C(=O)NC2CC2)c(Cl)c1. The number of halogens is 1. The van der Waals surface area contributed by atoms with Crippen LogP contribution in [0.25, 0.3) is 0 Å². The summed E-state index contributed by atoms with van der Waals surface area (Å²) < 4.78 is 0. The van der Waals surface area contributed by atoms with Crippen LogP contribution in [0.5, 0.6) is 0 Å². The number of rotatable bonds is 4. The first kappa shape index (κ1) is 15.8. The zero-order valence-corrected chi connectivity index (χ0v) is 13.6. The van der Waals surface area contributed by atoms with Crippen LogP contribution in [-0.2, 0) is 9.59 Å². The monoisotopic (exact) mass is 308 g/mol. The van der Waals surface area contributed by atoms with E-state index in [0.717, 1.165) is 24.0 Å². The number of nitrogens with one attached hydrogen (secondary N) is 2. The lowest BCUT2D eigenvalue weighted by molar-refractivity contribution is -0.138. The lowest BCUT2D eigenvalue weighted by Gasteiger charge is -2.23. The molecule has 1 fully saturated rings.